The minimum absolute atomic E-state index is 0.0863. The second-order valence-electron chi connectivity index (χ2n) is 4.66. The highest BCUT2D eigenvalue weighted by Gasteiger charge is 2.20. The molecule has 0 atom stereocenters. The molecule has 2 aromatic rings. The zero-order chi connectivity index (χ0) is 12.5. The van der Waals surface area contributed by atoms with Gasteiger partial charge in [-0.15, -0.1) is 15.3 Å². The average Bonchev–Trinajstić information content (AvgIpc) is 2.93. The maximum Gasteiger partial charge on any atom is 0.282 e. The molecule has 6 nitrogen and oxygen atoms in total. The highest BCUT2D eigenvalue weighted by molar-refractivity contribution is 7.18. The van der Waals surface area contributed by atoms with Crippen LogP contribution >= 0.6 is 11.3 Å². The summed E-state index contributed by atoms with van der Waals surface area (Å²) in [4.78, 5) is 12.7. The number of nitrogens with zero attached hydrogens (tertiary/aromatic N) is 4. The highest BCUT2D eigenvalue weighted by atomic mass is 32.1. The van der Waals surface area contributed by atoms with Gasteiger partial charge < -0.3 is 5.32 Å². The largest absolute Gasteiger partial charge is 0.347 e. The van der Waals surface area contributed by atoms with Crippen LogP contribution in [-0.4, -0.2) is 31.8 Å². The Hall–Kier alpha value is -1.50. The van der Waals surface area contributed by atoms with Crippen molar-refractivity contribution in [2.45, 2.75) is 45.1 Å². The van der Waals surface area contributed by atoms with Crippen LogP contribution in [0.3, 0.4) is 0 Å². The molecule has 3 rings (SSSR count). The second-order valence-corrected chi connectivity index (χ2v) is 5.61. The van der Waals surface area contributed by atoms with E-state index in [1.807, 2.05) is 6.92 Å². The van der Waals surface area contributed by atoms with Crippen LogP contribution in [0.1, 0.15) is 47.7 Å². The Morgan fingerprint density at radius 1 is 1.33 bits per heavy atom. The number of amides is 1. The summed E-state index contributed by atoms with van der Waals surface area (Å²) in [7, 11) is 0. The molecule has 2 heterocycles. The van der Waals surface area contributed by atoms with E-state index in [-0.39, 0.29) is 5.91 Å². The van der Waals surface area contributed by atoms with Crippen molar-refractivity contribution in [3.8, 4) is 0 Å². The lowest BCUT2D eigenvalue weighted by Crippen LogP contribution is -2.36. The summed E-state index contributed by atoms with van der Waals surface area (Å²) in [6.07, 6.45) is 5.84. The minimum atomic E-state index is -0.0863. The van der Waals surface area contributed by atoms with Gasteiger partial charge in [0.1, 0.15) is 0 Å². The van der Waals surface area contributed by atoms with Gasteiger partial charge in [0.25, 0.3) is 5.91 Å². The fourth-order valence-electron chi connectivity index (χ4n) is 2.30. The summed E-state index contributed by atoms with van der Waals surface area (Å²) < 4.78 is 1.61. The Labute approximate surface area is 108 Å². The predicted molar refractivity (Wildman–Crippen MR) is 67.7 cm³/mol. The first kappa shape index (κ1) is 11.6. The number of aryl methyl sites for hydroxylation is 1. The number of fused-ring (bicyclic) bond motifs is 1. The van der Waals surface area contributed by atoms with Gasteiger partial charge in [-0.3, -0.25) is 4.79 Å². The third-order valence-corrected chi connectivity index (χ3v) is 4.18. The Bertz CT molecular complexity index is 569. The zero-order valence-corrected chi connectivity index (χ0v) is 11.0. The first-order chi connectivity index (χ1) is 8.74. The van der Waals surface area contributed by atoms with Gasteiger partial charge in [-0.1, -0.05) is 30.6 Å². The SMILES string of the molecule is Cc1nnc2sc(C(=O)NC3CCCCC3)nn12. The van der Waals surface area contributed by atoms with E-state index < -0.39 is 0 Å². The van der Waals surface area contributed by atoms with E-state index in [2.05, 4.69) is 20.6 Å². The fourth-order valence-corrected chi connectivity index (χ4v) is 3.09. The molecule has 0 saturated heterocycles. The van der Waals surface area contributed by atoms with Gasteiger partial charge in [0.15, 0.2) is 5.82 Å². The molecule has 1 fully saturated rings. The van der Waals surface area contributed by atoms with Crippen molar-refractivity contribution in [2.24, 2.45) is 0 Å². The molecular weight excluding hydrogens is 250 g/mol. The van der Waals surface area contributed by atoms with Crippen LogP contribution in [0.4, 0.5) is 0 Å². The van der Waals surface area contributed by atoms with Crippen molar-refractivity contribution >= 4 is 22.2 Å². The van der Waals surface area contributed by atoms with Crippen molar-refractivity contribution in [1.29, 1.82) is 0 Å². The summed E-state index contributed by atoms with van der Waals surface area (Å²) in [6, 6.07) is 0.307. The van der Waals surface area contributed by atoms with Crippen molar-refractivity contribution in [3.63, 3.8) is 0 Å². The average molecular weight is 265 g/mol. The molecular formula is C11H15N5OS. The van der Waals surface area contributed by atoms with Crippen molar-refractivity contribution in [1.82, 2.24) is 25.1 Å². The van der Waals surface area contributed by atoms with E-state index in [1.54, 1.807) is 4.52 Å². The van der Waals surface area contributed by atoms with Crippen LogP contribution in [0.2, 0.25) is 0 Å². The molecule has 0 aliphatic heterocycles. The molecule has 2 aromatic heterocycles. The van der Waals surface area contributed by atoms with E-state index in [0.717, 1.165) is 12.8 Å². The normalized spacial score (nSPS) is 17.2. The van der Waals surface area contributed by atoms with Gasteiger partial charge in [-0.05, 0) is 19.8 Å². The summed E-state index contributed by atoms with van der Waals surface area (Å²) in [5.74, 6) is 0.620. The van der Waals surface area contributed by atoms with Crippen LogP contribution in [0.25, 0.3) is 4.96 Å². The van der Waals surface area contributed by atoms with E-state index in [9.17, 15) is 4.79 Å². The molecule has 7 heteroatoms. The van der Waals surface area contributed by atoms with Gasteiger partial charge in [0.05, 0.1) is 0 Å². The number of aromatic nitrogens is 4. The second kappa shape index (κ2) is 4.64. The number of rotatable bonds is 2. The molecule has 0 spiro atoms. The molecule has 1 aliphatic carbocycles. The van der Waals surface area contributed by atoms with Crippen molar-refractivity contribution in [2.75, 3.05) is 0 Å². The molecule has 1 aliphatic rings. The molecule has 0 aromatic carbocycles. The highest BCUT2D eigenvalue weighted by Crippen LogP contribution is 2.19. The molecule has 1 saturated carbocycles. The van der Waals surface area contributed by atoms with Crippen LogP contribution in [0, 0.1) is 6.92 Å². The smallest absolute Gasteiger partial charge is 0.282 e. The molecule has 0 bridgehead atoms. The summed E-state index contributed by atoms with van der Waals surface area (Å²) in [6.45, 7) is 1.82. The maximum atomic E-state index is 12.1. The topological polar surface area (TPSA) is 72.2 Å². The summed E-state index contributed by atoms with van der Waals surface area (Å²) in [5, 5.41) is 15.6. The van der Waals surface area contributed by atoms with Crippen LogP contribution < -0.4 is 5.32 Å². The number of nitrogens with one attached hydrogen (secondary N) is 1. The molecule has 96 valence electrons. The van der Waals surface area contributed by atoms with Gasteiger partial charge in [-0.25, -0.2) is 0 Å². The first-order valence-electron chi connectivity index (χ1n) is 6.24. The van der Waals surface area contributed by atoms with E-state index in [1.165, 1.54) is 30.6 Å². The van der Waals surface area contributed by atoms with E-state index in [4.69, 9.17) is 0 Å². The number of hydrogen-bond donors (Lipinski definition) is 1. The number of carbonyl (C=O) groups excluding carboxylic acids is 1. The van der Waals surface area contributed by atoms with Crippen molar-refractivity contribution < 1.29 is 4.79 Å². The fraction of sp³-hybridized carbons (Fsp3) is 0.636. The molecule has 1 amide bonds. The first-order valence-corrected chi connectivity index (χ1v) is 7.05. The van der Waals surface area contributed by atoms with E-state index >= 15 is 0 Å². The molecule has 18 heavy (non-hydrogen) atoms. The minimum Gasteiger partial charge on any atom is -0.347 e. The lowest BCUT2D eigenvalue weighted by Gasteiger charge is -2.21. The molecule has 0 unspecified atom stereocenters. The predicted octanol–water partition coefficient (Wildman–Crippen LogP) is 1.56. The standard InChI is InChI=1S/C11H15N5OS/c1-7-13-14-11-16(7)15-10(18-11)9(17)12-8-5-3-2-4-6-8/h8H,2-6H2,1H3,(H,12,17). The summed E-state index contributed by atoms with van der Waals surface area (Å²) >= 11 is 1.28. The van der Waals surface area contributed by atoms with Gasteiger partial charge in [-0.2, -0.15) is 4.52 Å². The van der Waals surface area contributed by atoms with Gasteiger partial charge >= 0.3 is 0 Å². The maximum absolute atomic E-state index is 12.1. The van der Waals surface area contributed by atoms with Crippen LogP contribution in [0.5, 0.6) is 0 Å². The lowest BCUT2D eigenvalue weighted by molar-refractivity contribution is 0.0926. The number of carbonyl (C=O) groups is 1. The Kier molecular flexibility index (Phi) is 2.99. The van der Waals surface area contributed by atoms with Crippen LogP contribution in [0.15, 0.2) is 0 Å². The zero-order valence-electron chi connectivity index (χ0n) is 10.2. The quantitative estimate of drug-likeness (QED) is 0.894. The number of hydrogen-bond acceptors (Lipinski definition) is 5. The van der Waals surface area contributed by atoms with Crippen LogP contribution in [-0.2, 0) is 0 Å². The van der Waals surface area contributed by atoms with E-state index in [0.29, 0.717) is 21.8 Å². The molecule has 0 radical (unpaired) electrons. The lowest BCUT2D eigenvalue weighted by atomic mass is 9.95. The Balaban J connectivity index is 1.74. The third kappa shape index (κ3) is 2.10. The Morgan fingerprint density at radius 3 is 2.83 bits per heavy atom. The third-order valence-electron chi connectivity index (χ3n) is 3.28. The van der Waals surface area contributed by atoms with Gasteiger partial charge in [0, 0.05) is 6.04 Å². The summed E-state index contributed by atoms with van der Waals surface area (Å²) in [5.41, 5.74) is 0. The molecule has 1 N–H and O–H groups in total. The Morgan fingerprint density at radius 2 is 2.11 bits per heavy atom. The van der Waals surface area contributed by atoms with Crippen molar-refractivity contribution in [3.05, 3.63) is 10.8 Å². The monoisotopic (exact) mass is 265 g/mol. The van der Waals surface area contributed by atoms with Gasteiger partial charge in [0.2, 0.25) is 9.97 Å².